The molecule has 0 radical (unpaired) electrons. The van der Waals surface area contributed by atoms with Gasteiger partial charge in [-0.05, 0) is 18.4 Å². The van der Waals surface area contributed by atoms with Crippen LogP contribution >= 0.6 is 0 Å². The maximum atomic E-state index is 12.1. The summed E-state index contributed by atoms with van der Waals surface area (Å²) >= 11 is 0. The fraction of sp³-hybridized carbons (Fsp3) is 0.429. The molecular formula is C14H19N3O4. The van der Waals surface area contributed by atoms with E-state index in [1.54, 1.807) is 26.8 Å². The van der Waals surface area contributed by atoms with E-state index in [0.29, 0.717) is 12.0 Å². The van der Waals surface area contributed by atoms with Crippen molar-refractivity contribution in [3.8, 4) is 0 Å². The smallest absolute Gasteiger partial charge is 0.273 e. The second-order valence-corrected chi connectivity index (χ2v) is 5.05. The van der Waals surface area contributed by atoms with Crippen molar-refractivity contribution in [1.82, 2.24) is 5.32 Å². The fourth-order valence-corrected chi connectivity index (χ4v) is 1.96. The van der Waals surface area contributed by atoms with E-state index in [4.69, 9.17) is 5.73 Å². The van der Waals surface area contributed by atoms with Crippen LogP contribution in [-0.2, 0) is 11.2 Å². The van der Waals surface area contributed by atoms with Gasteiger partial charge in [0.25, 0.3) is 11.6 Å². The van der Waals surface area contributed by atoms with Crippen molar-refractivity contribution in [2.75, 3.05) is 0 Å². The first-order chi connectivity index (χ1) is 9.77. The van der Waals surface area contributed by atoms with Crippen LogP contribution in [0.5, 0.6) is 0 Å². The molecule has 1 atom stereocenters. The molecule has 0 heterocycles. The summed E-state index contributed by atoms with van der Waals surface area (Å²) < 4.78 is 0. The van der Waals surface area contributed by atoms with Crippen LogP contribution in [0, 0.1) is 16.0 Å². The molecule has 7 heteroatoms. The predicted octanol–water partition coefficient (Wildman–Crippen LogP) is 1.40. The van der Waals surface area contributed by atoms with Gasteiger partial charge in [-0.3, -0.25) is 19.7 Å². The van der Waals surface area contributed by atoms with Gasteiger partial charge in [-0.2, -0.15) is 0 Å². The van der Waals surface area contributed by atoms with E-state index < -0.39 is 22.8 Å². The summed E-state index contributed by atoms with van der Waals surface area (Å²) in [6.07, 6.45) is 0.494. The number of nitrogens with zero attached hydrogens (tertiary/aromatic N) is 1. The molecule has 1 aromatic carbocycles. The first kappa shape index (κ1) is 16.6. The number of hydrogen-bond donors (Lipinski definition) is 2. The lowest BCUT2D eigenvalue weighted by molar-refractivity contribution is -0.385. The van der Waals surface area contributed by atoms with Crippen molar-refractivity contribution < 1.29 is 14.5 Å². The van der Waals surface area contributed by atoms with E-state index in [0.717, 1.165) is 0 Å². The molecule has 0 spiro atoms. The fourth-order valence-electron chi connectivity index (χ4n) is 1.96. The highest BCUT2D eigenvalue weighted by Gasteiger charge is 2.23. The maximum absolute atomic E-state index is 12.1. The van der Waals surface area contributed by atoms with E-state index >= 15 is 0 Å². The third kappa shape index (κ3) is 4.01. The molecule has 0 aliphatic rings. The number of hydrogen-bond acceptors (Lipinski definition) is 4. The van der Waals surface area contributed by atoms with E-state index in [9.17, 15) is 19.7 Å². The van der Waals surface area contributed by atoms with Crippen LogP contribution < -0.4 is 11.1 Å². The molecule has 0 aliphatic carbocycles. The van der Waals surface area contributed by atoms with Gasteiger partial charge < -0.3 is 11.1 Å². The summed E-state index contributed by atoms with van der Waals surface area (Å²) in [5.74, 6) is -1.37. The number of aryl methyl sites for hydroxylation is 1. The molecule has 3 N–H and O–H groups in total. The van der Waals surface area contributed by atoms with Gasteiger partial charge in [0, 0.05) is 17.2 Å². The zero-order valence-corrected chi connectivity index (χ0v) is 12.3. The molecule has 114 valence electrons. The molecule has 1 rings (SSSR count). The highest BCUT2D eigenvalue weighted by Crippen LogP contribution is 2.21. The van der Waals surface area contributed by atoms with Crippen LogP contribution in [0.1, 0.15) is 36.7 Å². The Morgan fingerprint density at radius 2 is 2.00 bits per heavy atom. The number of nitrogens with two attached hydrogens (primary N) is 1. The van der Waals surface area contributed by atoms with Crippen molar-refractivity contribution in [3.05, 3.63) is 39.4 Å². The van der Waals surface area contributed by atoms with Crippen molar-refractivity contribution in [1.29, 1.82) is 0 Å². The molecule has 7 nitrogen and oxygen atoms in total. The number of rotatable bonds is 6. The molecule has 0 aromatic heterocycles. The first-order valence-corrected chi connectivity index (χ1v) is 6.65. The Bertz CT molecular complexity index is 569. The topological polar surface area (TPSA) is 115 Å². The first-order valence-electron chi connectivity index (χ1n) is 6.65. The number of amides is 2. The summed E-state index contributed by atoms with van der Waals surface area (Å²) in [5.41, 5.74) is 5.80. The van der Waals surface area contributed by atoms with Crippen LogP contribution in [0.15, 0.2) is 18.2 Å². The van der Waals surface area contributed by atoms with Gasteiger partial charge >= 0.3 is 0 Å². The second-order valence-electron chi connectivity index (χ2n) is 5.05. The summed E-state index contributed by atoms with van der Waals surface area (Å²) in [6, 6.07) is 3.44. The van der Waals surface area contributed by atoms with E-state index in [1.165, 1.54) is 12.1 Å². The standard InChI is InChI=1S/C14H19N3O4/c1-4-9-5-6-10(7-11(9)17(20)21)14(19)16-12(8(2)3)13(15)18/h5-8,12H,4H2,1-3H3,(H2,15,18)(H,16,19)/t12-/m1/s1. The lowest BCUT2D eigenvalue weighted by Gasteiger charge is -2.18. The van der Waals surface area contributed by atoms with Crippen molar-refractivity contribution in [2.45, 2.75) is 33.2 Å². The molecule has 0 saturated carbocycles. The second kappa shape index (κ2) is 6.83. The Hall–Kier alpha value is -2.44. The van der Waals surface area contributed by atoms with Gasteiger partial charge in [-0.1, -0.05) is 26.8 Å². The molecule has 0 unspecified atom stereocenters. The number of primary amides is 1. The van der Waals surface area contributed by atoms with Crippen molar-refractivity contribution in [3.63, 3.8) is 0 Å². The Kier molecular flexibility index (Phi) is 5.40. The summed E-state index contributed by atoms with van der Waals surface area (Å²) in [4.78, 5) is 33.8. The van der Waals surface area contributed by atoms with Crippen LogP contribution in [0.25, 0.3) is 0 Å². The van der Waals surface area contributed by atoms with E-state index in [1.807, 2.05) is 0 Å². The summed E-state index contributed by atoms with van der Waals surface area (Å²) in [5, 5.41) is 13.5. The number of carbonyl (C=O) groups is 2. The van der Waals surface area contributed by atoms with Gasteiger partial charge in [0.2, 0.25) is 5.91 Å². The molecule has 0 saturated heterocycles. The Morgan fingerprint density at radius 3 is 2.43 bits per heavy atom. The van der Waals surface area contributed by atoms with E-state index in [-0.39, 0.29) is 17.2 Å². The predicted molar refractivity (Wildman–Crippen MR) is 77.8 cm³/mol. The van der Waals surface area contributed by atoms with Gasteiger partial charge in [0.15, 0.2) is 0 Å². The highest BCUT2D eigenvalue weighted by atomic mass is 16.6. The molecule has 0 fully saturated rings. The lowest BCUT2D eigenvalue weighted by atomic mass is 10.0. The van der Waals surface area contributed by atoms with Gasteiger partial charge in [0.05, 0.1) is 4.92 Å². The van der Waals surface area contributed by atoms with Gasteiger partial charge in [-0.15, -0.1) is 0 Å². The number of nitrogens with one attached hydrogen (secondary N) is 1. The molecular weight excluding hydrogens is 274 g/mol. The number of benzene rings is 1. The zero-order chi connectivity index (χ0) is 16.2. The quantitative estimate of drug-likeness (QED) is 0.609. The SMILES string of the molecule is CCc1ccc(C(=O)N[C@@H](C(N)=O)C(C)C)cc1[N+](=O)[O-]. The molecule has 0 aliphatic heterocycles. The highest BCUT2D eigenvalue weighted by molar-refractivity contribution is 5.98. The Balaban J connectivity index is 3.05. The van der Waals surface area contributed by atoms with Crippen LogP contribution in [-0.4, -0.2) is 22.8 Å². The molecule has 0 bridgehead atoms. The minimum absolute atomic E-state index is 0.106. The largest absolute Gasteiger partial charge is 0.368 e. The van der Waals surface area contributed by atoms with Gasteiger partial charge in [-0.25, -0.2) is 0 Å². The molecule has 2 amide bonds. The minimum Gasteiger partial charge on any atom is -0.368 e. The molecule has 1 aromatic rings. The lowest BCUT2D eigenvalue weighted by Crippen LogP contribution is -2.47. The minimum atomic E-state index is -0.817. The van der Waals surface area contributed by atoms with Crippen LogP contribution in [0.4, 0.5) is 5.69 Å². The Labute approximate surface area is 122 Å². The third-order valence-corrected chi connectivity index (χ3v) is 3.18. The third-order valence-electron chi connectivity index (χ3n) is 3.18. The summed E-state index contributed by atoms with van der Waals surface area (Å²) in [7, 11) is 0. The Morgan fingerprint density at radius 1 is 1.38 bits per heavy atom. The van der Waals surface area contributed by atoms with E-state index in [2.05, 4.69) is 5.32 Å². The normalized spacial score (nSPS) is 12.0. The maximum Gasteiger partial charge on any atom is 0.273 e. The van der Waals surface area contributed by atoms with Crippen molar-refractivity contribution >= 4 is 17.5 Å². The average molecular weight is 293 g/mol. The zero-order valence-electron chi connectivity index (χ0n) is 12.3. The average Bonchev–Trinajstić information content (AvgIpc) is 2.42. The van der Waals surface area contributed by atoms with Crippen LogP contribution in [0.2, 0.25) is 0 Å². The number of nitro benzene ring substituents is 1. The number of carbonyl (C=O) groups excluding carboxylic acids is 2. The van der Waals surface area contributed by atoms with Crippen molar-refractivity contribution in [2.24, 2.45) is 11.7 Å². The summed E-state index contributed by atoms with van der Waals surface area (Å²) in [6.45, 7) is 5.29. The molecule has 21 heavy (non-hydrogen) atoms. The monoisotopic (exact) mass is 293 g/mol. The van der Waals surface area contributed by atoms with Crippen LogP contribution in [0.3, 0.4) is 0 Å². The number of nitro groups is 1. The van der Waals surface area contributed by atoms with Gasteiger partial charge in [0.1, 0.15) is 6.04 Å².